The van der Waals surface area contributed by atoms with E-state index in [1.54, 1.807) is 19.1 Å². The molecule has 3 rings (SSSR count). The predicted octanol–water partition coefficient (Wildman–Crippen LogP) is 2.33. The van der Waals surface area contributed by atoms with E-state index in [9.17, 15) is 9.18 Å². The van der Waals surface area contributed by atoms with Gasteiger partial charge in [0.2, 0.25) is 11.0 Å². The lowest BCUT2D eigenvalue weighted by Gasteiger charge is -2.39. The Hall–Kier alpha value is -2.02. The minimum atomic E-state index is -0.238. The summed E-state index contributed by atoms with van der Waals surface area (Å²) in [5.41, 5.74) is 0.991. The van der Waals surface area contributed by atoms with E-state index in [0.717, 1.165) is 29.6 Å². The zero-order chi connectivity index (χ0) is 16.4. The molecule has 0 N–H and O–H groups in total. The molecule has 2 heterocycles. The lowest BCUT2D eigenvalue weighted by atomic mass is 10.1. The smallest absolute Gasteiger partial charge is 0.219 e. The third-order valence-corrected chi connectivity index (χ3v) is 4.85. The molecule has 0 bridgehead atoms. The van der Waals surface area contributed by atoms with E-state index in [4.69, 9.17) is 0 Å². The average Bonchev–Trinajstić information content (AvgIpc) is 2.97. The molecule has 23 heavy (non-hydrogen) atoms. The van der Waals surface area contributed by atoms with Crippen LogP contribution in [0.1, 0.15) is 25.2 Å². The first-order chi connectivity index (χ1) is 11.0. The maximum absolute atomic E-state index is 12.9. The minimum absolute atomic E-state index is 0.117. The molecule has 1 saturated heterocycles. The van der Waals surface area contributed by atoms with E-state index >= 15 is 0 Å². The summed E-state index contributed by atoms with van der Waals surface area (Å²) in [5, 5.41) is 0.886. The number of piperazine rings is 1. The van der Waals surface area contributed by atoms with Crippen molar-refractivity contribution in [3.63, 3.8) is 0 Å². The van der Waals surface area contributed by atoms with E-state index in [1.165, 1.54) is 23.7 Å². The summed E-state index contributed by atoms with van der Waals surface area (Å²) in [5.74, 6) is 0.627. The number of carbonyl (C=O) groups excluding carboxylic acids is 1. The topological polar surface area (TPSA) is 49.3 Å². The van der Waals surface area contributed by atoms with Crippen LogP contribution in [0.5, 0.6) is 0 Å². The van der Waals surface area contributed by atoms with E-state index in [2.05, 4.69) is 14.3 Å². The molecule has 0 saturated carbocycles. The second kappa shape index (κ2) is 6.62. The molecule has 122 valence electrons. The molecule has 0 radical (unpaired) electrons. The molecule has 1 aliphatic heterocycles. The van der Waals surface area contributed by atoms with Gasteiger partial charge in [0.25, 0.3) is 0 Å². The summed E-state index contributed by atoms with van der Waals surface area (Å²) in [6, 6.07) is 6.58. The van der Waals surface area contributed by atoms with Crippen LogP contribution in [-0.2, 0) is 11.2 Å². The van der Waals surface area contributed by atoms with Crippen molar-refractivity contribution in [1.82, 2.24) is 14.3 Å². The van der Waals surface area contributed by atoms with E-state index in [0.29, 0.717) is 13.0 Å². The van der Waals surface area contributed by atoms with Crippen LogP contribution in [0.15, 0.2) is 24.3 Å². The number of halogens is 1. The maximum atomic E-state index is 12.9. The Morgan fingerprint density at radius 3 is 2.74 bits per heavy atom. The monoisotopic (exact) mass is 334 g/mol. The molecule has 1 aromatic carbocycles. The van der Waals surface area contributed by atoms with Gasteiger partial charge in [-0.25, -0.2) is 9.37 Å². The highest BCUT2D eigenvalue weighted by Gasteiger charge is 2.27. The van der Waals surface area contributed by atoms with Crippen molar-refractivity contribution in [3.05, 3.63) is 41.5 Å². The molecular weight excluding hydrogens is 315 g/mol. The van der Waals surface area contributed by atoms with Gasteiger partial charge in [-0.1, -0.05) is 12.1 Å². The first-order valence-electron chi connectivity index (χ1n) is 7.62. The Morgan fingerprint density at radius 2 is 2.09 bits per heavy atom. The number of hydrogen-bond donors (Lipinski definition) is 0. The van der Waals surface area contributed by atoms with E-state index in [1.807, 2.05) is 11.8 Å². The van der Waals surface area contributed by atoms with Crippen molar-refractivity contribution in [3.8, 4) is 0 Å². The molecule has 0 aliphatic carbocycles. The normalized spacial score (nSPS) is 18.3. The SMILES string of the molecule is CC(=O)N1CCN(c2nc(Cc3ccc(F)cc3)ns2)CC1C. The Morgan fingerprint density at radius 1 is 1.35 bits per heavy atom. The van der Waals surface area contributed by atoms with Gasteiger partial charge in [-0.05, 0) is 24.6 Å². The summed E-state index contributed by atoms with van der Waals surface area (Å²) in [6.07, 6.45) is 0.597. The zero-order valence-corrected chi connectivity index (χ0v) is 14.0. The van der Waals surface area contributed by atoms with E-state index in [-0.39, 0.29) is 17.8 Å². The van der Waals surface area contributed by atoms with Crippen LogP contribution < -0.4 is 4.90 Å². The highest BCUT2D eigenvalue weighted by molar-refractivity contribution is 7.09. The third kappa shape index (κ3) is 3.67. The maximum Gasteiger partial charge on any atom is 0.219 e. The molecule has 5 nitrogen and oxygen atoms in total. The van der Waals surface area contributed by atoms with Gasteiger partial charge in [-0.3, -0.25) is 4.79 Å². The van der Waals surface area contributed by atoms with E-state index < -0.39 is 0 Å². The van der Waals surface area contributed by atoms with Crippen molar-refractivity contribution in [1.29, 1.82) is 0 Å². The molecule has 7 heteroatoms. The highest BCUT2D eigenvalue weighted by atomic mass is 32.1. The summed E-state index contributed by atoms with van der Waals surface area (Å²) >= 11 is 1.38. The fourth-order valence-electron chi connectivity index (χ4n) is 2.83. The summed E-state index contributed by atoms with van der Waals surface area (Å²) in [7, 11) is 0. The first-order valence-corrected chi connectivity index (χ1v) is 8.39. The molecule has 1 atom stereocenters. The Bertz CT molecular complexity index is 688. The van der Waals surface area contributed by atoms with Crippen LogP contribution >= 0.6 is 11.5 Å². The van der Waals surface area contributed by atoms with Gasteiger partial charge >= 0.3 is 0 Å². The van der Waals surface area contributed by atoms with Crippen molar-refractivity contribution >= 4 is 22.6 Å². The molecule has 1 fully saturated rings. The first kappa shape index (κ1) is 15.9. The fraction of sp³-hybridized carbons (Fsp3) is 0.438. The van der Waals surface area contributed by atoms with Gasteiger partial charge in [0.15, 0.2) is 0 Å². The van der Waals surface area contributed by atoms with Crippen LogP contribution in [0.3, 0.4) is 0 Å². The lowest BCUT2D eigenvalue weighted by Crippen LogP contribution is -2.53. The van der Waals surface area contributed by atoms with Crippen LogP contribution in [-0.4, -0.2) is 45.8 Å². The zero-order valence-electron chi connectivity index (χ0n) is 13.2. The van der Waals surface area contributed by atoms with Gasteiger partial charge in [-0.2, -0.15) is 4.37 Å². The number of rotatable bonds is 3. The number of hydrogen-bond acceptors (Lipinski definition) is 5. The molecule has 1 aliphatic rings. The highest BCUT2D eigenvalue weighted by Crippen LogP contribution is 2.22. The number of amides is 1. The number of carbonyl (C=O) groups is 1. The third-order valence-electron chi connectivity index (χ3n) is 4.04. The number of anilines is 1. The van der Waals surface area contributed by atoms with Gasteiger partial charge in [0.05, 0.1) is 0 Å². The second-order valence-corrected chi connectivity index (χ2v) is 6.53. The molecular formula is C16H19FN4OS. The quantitative estimate of drug-likeness (QED) is 0.864. The van der Waals surface area contributed by atoms with Gasteiger partial charge in [-0.15, -0.1) is 0 Å². The average molecular weight is 334 g/mol. The Balaban J connectivity index is 1.65. The predicted molar refractivity (Wildman–Crippen MR) is 88.2 cm³/mol. The van der Waals surface area contributed by atoms with Gasteiger partial charge < -0.3 is 9.80 Å². The van der Waals surface area contributed by atoms with Crippen LogP contribution in [0.25, 0.3) is 0 Å². The number of aromatic nitrogens is 2. The van der Waals surface area contributed by atoms with Crippen LogP contribution in [0.4, 0.5) is 9.52 Å². The Labute approximate surface area is 138 Å². The van der Waals surface area contributed by atoms with Gasteiger partial charge in [0.1, 0.15) is 11.6 Å². The summed E-state index contributed by atoms with van der Waals surface area (Å²) < 4.78 is 17.3. The summed E-state index contributed by atoms with van der Waals surface area (Å²) in [6.45, 7) is 5.91. The van der Waals surface area contributed by atoms with Crippen molar-refractivity contribution in [2.24, 2.45) is 0 Å². The lowest BCUT2D eigenvalue weighted by molar-refractivity contribution is -0.131. The number of benzene rings is 1. The second-order valence-electron chi connectivity index (χ2n) is 5.80. The van der Waals surface area contributed by atoms with Gasteiger partial charge in [0, 0.05) is 50.6 Å². The van der Waals surface area contributed by atoms with Crippen molar-refractivity contribution in [2.75, 3.05) is 24.5 Å². The largest absolute Gasteiger partial charge is 0.343 e. The van der Waals surface area contributed by atoms with Crippen LogP contribution in [0.2, 0.25) is 0 Å². The van der Waals surface area contributed by atoms with Crippen molar-refractivity contribution in [2.45, 2.75) is 26.3 Å². The molecule has 0 spiro atoms. The molecule has 1 amide bonds. The molecule has 2 aromatic rings. The molecule has 1 unspecified atom stereocenters. The summed E-state index contributed by atoms with van der Waals surface area (Å²) in [4.78, 5) is 20.2. The molecule has 1 aromatic heterocycles. The standard InChI is InChI=1S/C16H19FN4OS/c1-11-10-20(7-8-21(11)12(2)22)16-18-15(19-23-16)9-13-3-5-14(17)6-4-13/h3-6,11H,7-10H2,1-2H3. The number of nitrogens with zero attached hydrogens (tertiary/aromatic N) is 4. The van der Waals surface area contributed by atoms with Crippen LogP contribution in [0, 0.1) is 5.82 Å². The van der Waals surface area contributed by atoms with Crippen molar-refractivity contribution < 1.29 is 9.18 Å². The fourth-order valence-corrected chi connectivity index (χ4v) is 3.55. The minimum Gasteiger partial charge on any atom is -0.343 e. The Kier molecular flexibility index (Phi) is 4.56.